The highest BCUT2D eigenvalue weighted by Gasteiger charge is 2.19. The van der Waals surface area contributed by atoms with Crippen LogP contribution in [0.25, 0.3) is 11.0 Å². The summed E-state index contributed by atoms with van der Waals surface area (Å²) in [5.41, 5.74) is 7.10. The predicted octanol–water partition coefficient (Wildman–Crippen LogP) is 3.83. The lowest BCUT2D eigenvalue weighted by Crippen LogP contribution is -2.31. The van der Waals surface area contributed by atoms with Crippen LogP contribution in [0.4, 0.5) is 0 Å². The zero-order valence-electron chi connectivity index (χ0n) is 16.7. The maximum absolute atomic E-state index is 12.0. The highest BCUT2D eigenvalue weighted by molar-refractivity contribution is 5.79. The molecule has 142 valence electrons. The highest BCUT2D eigenvalue weighted by atomic mass is 16.5. The number of methoxy groups -OCH3 is 1. The number of hydrogen-bond acceptors (Lipinski definition) is 3. The van der Waals surface area contributed by atoms with Gasteiger partial charge in [0.05, 0.1) is 17.1 Å². The zero-order chi connectivity index (χ0) is 19.6. The number of aryl methyl sites for hydroxylation is 3. The van der Waals surface area contributed by atoms with E-state index in [1.165, 1.54) is 29.4 Å². The molecule has 1 aromatic heterocycles. The molecule has 1 atom stereocenters. The summed E-state index contributed by atoms with van der Waals surface area (Å²) < 4.78 is 7.13. The molecule has 0 fully saturated rings. The largest absolute Gasteiger partial charge is 0.375 e. The van der Waals surface area contributed by atoms with Crippen molar-refractivity contribution in [2.45, 2.75) is 40.3 Å². The lowest BCUT2D eigenvalue weighted by Gasteiger charge is -2.18. The Hall–Kier alpha value is -2.66. The molecule has 0 aliphatic heterocycles. The van der Waals surface area contributed by atoms with Gasteiger partial charge in [-0.3, -0.25) is 4.79 Å². The third-order valence-corrected chi connectivity index (χ3v) is 4.88. The second kappa shape index (κ2) is 7.92. The Morgan fingerprint density at radius 2 is 1.85 bits per heavy atom. The molecule has 0 radical (unpaired) electrons. The lowest BCUT2D eigenvalue weighted by atomic mass is 9.99. The van der Waals surface area contributed by atoms with Gasteiger partial charge >= 0.3 is 0 Å². The van der Waals surface area contributed by atoms with Gasteiger partial charge in [-0.1, -0.05) is 29.8 Å². The first-order valence-electron chi connectivity index (χ1n) is 9.21. The number of carbonyl (C=O) groups excluding carboxylic acids is 1. The Balaban J connectivity index is 2.05. The molecule has 1 heterocycles. The first kappa shape index (κ1) is 19.1. The van der Waals surface area contributed by atoms with E-state index in [-0.39, 0.29) is 18.6 Å². The summed E-state index contributed by atoms with van der Waals surface area (Å²) in [7, 11) is 1.52. The van der Waals surface area contributed by atoms with Crippen molar-refractivity contribution in [1.29, 1.82) is 0 Å². The minimum absolute atomic E-state index is 0.0424. The molecule has 3 aromatic rings. The van der Waals surface area contributed by atoms with E-state index in [2.05, 4.69) is 48.9 Å². The Kier molecular flexibility index (Phi) is 5.61. The van der Waals surface area contributed by atoms with Crippen LogP contribution >= 0.6 is 0 Å². The minimum Gasteiger partial charge on any atom is -0.375 e. The van der Waals surface area contributed by atoms with Gasteiger partial charge in [0.1, 0.15) is 12.4 Å². The maximum atomic E-state index is 12.0. The van der Waals surface area contributed by atoms with Crippen LogP contribution in [0.1, 0.15) is 41.0 Å². The number of fused-ring (bicyclic) bond motifs is 1. The molecule has 1 N–H and O–H groups in total. The van der Waals surface area contributed by atoms with Gasteiger partial charge in [0.2, 0.25) is 5.91 Å². The van der Waals surface area contributed by atoms with Gasteiger partial charge in [0.25, 0.3) is 0 Å². The minimum atomic E-state index is -0.217. The van der Waals surface area contributed by atoms with Crippen LogP contribution in [-0.4, -0.2) is 29.2 Å². The first-order valence-corrected chi connectivity index (χ1v) is 9.21. The number of nitrogens with one attached hydrogen (secondary N) is 1. The predicted molar refractivity (Wildman–Crippen MR) is 108 cm³/mol. The van der Waals surface area contributed by atoms with Crippen LogP contribution in [0.5, 0.6) is 0 Å². The number of para-hydroxylation sites is 2. The number of ether oxygens (including phenoxy) is 1. The number of hydrogen-bond donors (Lipinski definition) is 1. The average molecular weight is 365 g/mol. The second-order valence-corrected chi connectivity index (χ2v) is 7.14. The number of nitrogens with zero attached hydrogens (tertiary/aromatic N) is 2. The third-order valence-electron chi connectivity index (χ3n) is 4.88. The van der Waals surface area contributed by atoms with Crippen molar-refractivity contribution in [1.82, 2.24) is 14.9 Å². The van der Waals surface area contributed by atoms with E-state index in [1.54, 1.807) is 0 Å². The van der Waals surface area contributed by atoms with Gasteiger partial charge in [-0.15, -0.1) is 0 Å². The van der Waals surface area contributed by atoms with Crippen molar-refractivity contribution >= 4 is 16.9 Å². The fourth-order valence-corrected chi connectivity index (χ4v) is 3.69. The number of amides is 1. The number of imidazole rings is 1. The summed E-state index contributed by atoms with van der Waals surface area (Å²) in [5, 5.41) is 2.98. The van der Waals surface area contributed by atoms with Crippen LogP contribution in [0.3, 0.4) is 0 Å². The molecular weight excluding hydrogens is 338 g/mol. The fourth-order valence-electron chi connectivity index (χ4n) is 3.69. The number of aromatic nitrogens is 2. The topological polar surface area (TPSA) is 56.1 Å². The Labute approximate surface area is 160 Å². The van der Waals surface area contributed by atoms with Crippen LogP contribution in [-0.2, 0) is 16.1 Å². The van der Waals surface area contributed by atoms with Crippen LogP contribution < -0.4 is 5.32 Å². The number of carbonyl (C=O) groups is 1. The molecule has 27 heavy (non-hydrogen) atoms. The summed E-state index contributed by atoms with van der Waals surface area (Å²) in [5.74, 6) is 0.700. The average Bonchev–Trinajstić information content (AvgIpc) is 2.97. The molecule has 3 rings (SSSR count). The summed E-state index contributed by atoms with van der Waals surface area (Å²) in [6.07, 6.45) is 0. The van der Waals surface area contributed by atoms with Crippen molar-refractivity contribution in [2.24, 2.45) is 0 Å². The molecule has 0 saturated carbocycles. The SMILES string of the molecule is COCC(=O)NC(C)c1nc2ccccc2n1Cc1c(C)cc(C)cc1C. The standard InChI is InChI=1S/C22H27N3O2/c1-14-10-15(2)18(16(3)11-14)12-25-20-9-7-6-8-19(20)24-22(25)17(4)23-21(26)13-27-5/h6-11,17H,12-13H2,1-5H3,(H,23,26). The smallest absolute Gasteiger partial charge is 0.246 e. The summed E-state index contributed by atoms with van der Waals surface area (Å²) >= 11 is 0. The van der Waals surface area contributed by atoms with E-state index < -0.39 is 0 Å². The lowest BCUT2D eigenvalue weighted by molar-refractivity contribution is -0.125. The van der Waals surface area contributed by atoms with Crippen molar-refractivity contribution in [3.8, 4) is 0 Å². The molecular formula is C22H27N3O2. The summed E-state index contributed by atoms with van der Waals surface area (Å²) in [6.45, 7) is 9.14. The molecule has 0 saturated heterocycles. The van der Waals surface area contributed by atoms with Crippen molar-refractivity contribution in [3.63, 3.8) is 0 Å². The van der Waals surface area contributed by atoms with Gasteiger partial charge in [0.15, 0.2) is 0 Å². The van der Waals surface area contributed by atoms with Crippen LogP contribution in [0, 0.1) is 20.8 Å². The molecule has 5 nitrogen and oxygen atoms in total. The van der Waals surface area contributed by atoms with Gasteiger partial charge in [-0.25, -0.2) is 4.98 Å². The molecule has 0 aliphatic rings. The quantitative estimate of drug-likeness (QED) is 0.722. The molecule has 0 aliphatic carbocycles. The Morgan fingerprint density at radius 3 is 2.52 bits per heavy atom. The zero-order valence-corrected chi connectivity index (χ0v) is 16.7. The molecule has 5 heteroatoms. The molecule has 0 bridgehead atoms. The Morgan fingerprint density at radius 1 is 1.19 bits per heavy atom. The Bertz CT molecular complexity index is 952. The molecule has 1 unspecified atom stereocenters. The molecule has 1 amide bonds. The second-order valence-electron chi connectivity index (χ2n) is 7.14. The third kappa shape index (κ3) is 4.03. The van der Waals surface area contributed by atoms with E-state index in [9.17, 15) is 4.79 Å². The van der Waals surface area contributed by atoms with E-state index in [1.807, 2.05) is 25.1 Å². The number of benzene rings is 2. The van der Waals surface area contributed by atoms with E-state index >= 15 is 0 Å². The normalized spacial score (nSPS) is 12.3. The summed E-state index contributed by atoms with van der Waals surface area (Å²) in [6, 6.07) is 12.3. The van der Waals surface area contributed by atoms with Crippen molar-refractivity contribution < 1.29 is 9.53 Å². The van der Waals surface area contributed by atoms with Crippen molar-refractivity contribution in [3.05, 3.63) is 64.5 Å². The van der Waals surface area contributed by atoms with Crippen LogP contribution in [0.15, 0.2) is 36.4 Å². The van der Waals surface area contributed by atoms with Gasteiger partial charge < -0.3 is 14.6 Å². The van der Waals surface area contributed by atoms with E-state index in [0.717, 1.165) is 23.4 Å². The number of rotatable bonds is 6. The van der Waals surface area contributed by atoms with E-state index in [4.69, 9.17) is 9.72 Å². The molecule has 0 spiro atoms. The van der Waals surface area contributed by atoms with E-state index in [0.29, 0.717) is 0 Å². The monoisotopic (exact) mass is 365 g/mol. The van der Waals surface area contributed by atoms with Crippen LogP contribution in [0.2, 0.25) is 0 Å². The van der Waals surface area contributed by atoms with Crippen molar-refractivity contribution in [2.75, 3.05) is 13.7 Å². The maximum Gasteiger partial charge on any atom is 0.246 e. The van der Waals surface area contributed by atoms with Gasteiger partial charge in [-0.05, 0) is 56.5 Å². The van der Waals surface area contributed by atoms with Gasteiger partial charge in [-0.2, -0.15) is 0 Å². The summed E-state index contributed by atoms with van der Waals surface area (Å²) in [4.78, 5) is 16.8. The first-order chi connectivity index (χ1) is 12.9. The highest BCUT2D eigenvalue weighted by Crippen LogP contribution is 2.25. The van der Waals surface area contributed by atoms with Gasteiger partial charge in [0, 0.05) is 13.7 Å². The molecule has 2 aromatic carbocycles. The fraction of sp³-hybridized carbons (Fsp3) is 0.364.